The number of aromatic nitrogens is 4. The Morgan fingerprint density at radius 1 is 1.05 bits per heavy atom. The van der Waals surface area contributed by atoms with E-state index in [0.717, 1.165) is 66.3 Å². The molecule has 1 atom stereocenters. The van der Waals surface area contributed by atoms with Gasteiger partial charge in [-0.05, 0) is 61.4 Å². The topological polar surface area (TPSA) is 95.1 Å². The van der Waals surface area contributed by atoms with Gasteiger partial charge in [-0.2, -0.15) is 0 Å². The van der Waals surface area contributed by atoms with Crippen molar-refractivity contribution in [2.45, 2.75) is 43.4 Å². The number of fused-ring (bicyclic) bond motifs is 1. The van der Waals surface area contributed by atoms with Crippen molar-refractivity contribution in [3.05, 3.63) is 77.1 Å². The molecule has 0 amide bonds. The molecular weight excluding hydrogens is 561 g/mol. The van der Waals surface area contributed by atoms with Crippen molar-refractivity contribution >= 4 is 49.3 Å². The molecule has 11 heteroatoms. The van der Waals surface area contributed by atoms with Gasteiger partial charge in [0.15, 0.2) is 0 Å². The first-order chi connectivity index (χ1) is 19.0. The number of para-hydroxylation sites is 1. The highest BCUT2D eigenvalue weighted by Crippen LogP contribution is 2.39. The van der Waals surface area contributed by atoms with Crippen molar-refractivity contribution in [1.82, 2.24) is 24.8 Å². The Balaban J connectivity index is 0.00000289. The minimum absolute atomic E-state index is 0. The van der Waals surface area contributed by atoms with Crippen LogP contribution in [0.5, 0.6) is 0 Å². The van der Waals surface area contributed by atoms with Crippen molar-refractivity contribution < 1.29 is 8.42 Å². The number of thiophene rings is 1. The molecule has 4 aromatic heterocycles. The van der Waals surface area contributed by atoms with E-state index in [4.69, 9.17) is 4.98 Å². The number of benzene rings is 1. The number of hydrogen-bond acceptors (Lipinski definition) is 8. The van der Waals surface area contributed by atoms with Crippen LogP contribution in [-0.2, 0) is 16.6 Å². The van der Waals surface area contributed by atoms with Crippen LogP contribution in [0, 0.1) is 5.92 Å². The first-order valence-corrected chi connectivity index (χ1v) is 16.3. The number of nitrogens with one attached hydrogen (secondary N) is 1. The molecule has 1 saturated carbocycles. The van der Waals surface area contributed by atoms with Gasteiger partial charge in [0.2, 0.25) is 0 Å². The van der Waals surface area contributed by atoms with Crippen LogP contribution in [0.3, 0.4) is 0 Å². The lowest BCUT2D eigenvalue weighted by Crippen LogP contribution is -2.32. The molecule has 0 bridgehead atoms. The molecule has 5 heterocycles. The lowest BCUT2D eigenvalue weighted by atomic mass is 10.1. The maximum Gasteiger partial charge on any atom is 0.273 e. The van der Waals surface area contributed by atoms with Gasteiger partial charge in [-0.1, -0.05) is 25.6 Å². The van der Waals surface area contributed by atoms with Crippen LogP contribution in [-0.4, -0.2) is 52.9 Å². The normalized spacial score (nSPS) is 17.8. The van der Waals surface area contributed by atoms with E-state index in [2.05, 4.69) is 25.9 Å². The zero-order chi connectivity index (χ0) is 26.4. The Bertz CT molecular complexity index is 1690. The Morgan fingerprint density at radius 3 is 2.67 bits per heavy atom. The van der Waals surface area contributed by atoms with Gasteiger partial charge < -0.3 is 4.98 Å². The number of H-pyrrole nitrogens is 1. The molecule has 1 aliphatic heterocycles. The zero-order valence-electron chi connectivity index (χ0n) is 21.2. The van der Waals surface area contributed by atoms with Crippen LogP contribution in [0.15, 0.2) is 70.6 Å². The Hall–Kier alpha value is -3.12. The van der Waals surface area contributed by atoms with Crippen LogP contribution in [0.25, 0.3) is 21.6 Å². The van der Waals surface area contributed by atoms with Crippen molar-refractivity contribution in [2.24, 2.45) is 5.92 Å². The van der Waals surface area contributed by atoms with E-state index in [1.54, 1.807) is 27.8 Å². The van der Waals surface area contributed by atoms with E-state index in [1.807, 2.05) is 48.2 Å². The summed E-state index contributed by atoms with van der Waals surface area (Å²) in [5.41, 5.74) is 2.43. The lowest BCUT2D eigenvalue weighted by Gasteiger charge is -2.24. The molecule has 1 aliphatic carbocycles. The van der Waals surface area contributed by atoms with E-state index in [-0.39, 0.29) is 7.43 Å². The fourth-order valence-electron chi connectivity index (χ4n) is 5.28. The van der Waals surface area contributed by atoms with Crippen LogP contribution in [0.4, 0.5) is 5.69 Å². The number of hydrogen-bond donors (Lipinski definition) is 1. The molecule has 1 saturated heterocycles. The Kier molecular flexibility index (Phi) is 7.47. The average Bonchev–Trinajstić information content (AvgIpc) is 3.45. The maximum atomic E-state index is 13.7. The minimum atomic E-state index is -3.64. The van der Waals surface area contributed by atoms with Gasteiger partial charge in [0.05, 0.1) is 16.9 Å². The molecule has 40 heavy (non-hydrogen) atoms. The van der Waals surface area contributed by atoms with Gasteiger partial charge in [0.25, 0.3) is 10.0 Å². The second kappa shape index (κ2) is 11.0. The molecule has 1 aromatic carbocycles. The first kappa shape index (κ1) is 27.1. The van der Waals surface area contributed by atoms with Gasteiger partial charge in [-0.25, -0.2) is 23.4 Å². The molecule has 1 unspecified atom stereocenters. The third kappa shape index (κ3) is 5.30. The molecule has 0 spiro atoms. The predicted molar refractivity (Wildman–Crippen MR) is 162 cm³/mol. The van der Waals surface area contributed by atoms with Crippen LogP contribution in [0.2, 0.25) is 0 Å². The third-order valence-electron chi connectivity index (χ3n) is 7.45. The van der Waals surface area contributed by atoms with Crippen LogP contribution in [0.1, 0.15) is 43.3 Å². The van der Waals surface area contributed by atoms with Crippen molar-refractivity contribution in [3.8, 4) is 10.7 Å². The number of rotatable bonds is 9. The summed E-state index contributed by atoms with van der Waals surface area (Å²) in [6.07, 6.45) is 8.79. The largest absolute Gasteiger partial charge is 0.351 e. The van der Waals surface area contributed by atoms with Crippen LogP contribution >= 0.6 is 22.7 Å². The molecule has 208 valence electrons. The summed E-state index contributed by atoms with van der Waals surface area (Å²) in [6, 6.07) is 13.3. The lowest BCUT2D eigenvalue weighted by molar-refractivity contribution is 0.328. The zero-order valence-corrected chi connectivity index (χ0v) is 23.7. The average molecular weight is 593 g/mol. The molecule has 7 rings (SSSR count). The summed E-state index contributed by atoms with van der Waals surface area (Å²) in [5, 5.41) is 3.70. The summed E-state index contributed by atoms with van der Waals surface area (Å²) in [5.74, 6) is 1.70. The number of sulfonamides is 1. The van der Waals surface area contributed by atoms with Crippen LogP contribution < -0.4 is 4.31 Å². The summed E-state index contributed by atoms with van der Waals surface area (Å²) < 4.78 is 29.3. The van der Waals surface area contributed by atoms with Crippen molar-refractivity contribution in [2.75, 3.05) is 23.9 Å². The van der Waals surface area contributed by atoms with Gasteiger partial charge in [-0.3, -0.25) is 9.21 Å². The van der Waals surface area contributed by atoms with E-state index in [9.17, 15) is 8.42 Å². The molecule has 8 nitrogen and oxygen atoms in total. The number of aromatic amines is 1. The number of nitrogens with zero attached hydrogens (tertiary/aromatic N) is 5. The third-order valence-corrected chi connectivity index (χ3v) is 11.6. The molecule has 1 N–H and O–H groups in total. The van der Waals surface area contributed by atoms with Gasteiger partial charge in [-0.15, -0.1) is 22.7 Å². The van der Waals surface area contributed by atoms with Gasteiger partial charge in [0.1, 0.15) is 15.0 Å². The fraction of sp³-hybridized carbons (Fsp3) is 0.345. The van der Waals surface area contributed by atoms with E-state index in [0.29, 0.717) is 28.3 Å². The van der Waals surface area contributed by atoms with Crippen molar-refractivity contribution in [1.29, 1.82) is 0 Å². The molecule has 2 fully saturated rings. The second-order valence-electron chi connectivity index (χ2n) is 10.3. The van der Waals surface area contributed by atoms with E-state index >= 15 is 0 Å². The number of likely N-dealkylation sites (tertiary alicyclic amines) is 1. The molecule has 5 aromatic rings. The fourth-order valence-corrected chi connectivity index (χ4v) is 8.86. The Labute approximate surface area is 242 Å². The summed E-state index contributed by atoms with van der Waals surface area (Å²) in [6.45, 7) is 3.31. The quantitative estimate of drug-likeness (QED) is 0.214. The SMILES string of the molecule is C.O=S(=O)(c1cccs1)N(CC1CC1)c1cccc2cc(-c3ncc(CN4CCC(c5ncccn5)C4)s3)[nH]c12. The molecule has 2 aliphatic rings. The summed E-state index contributed by atoms with van der Waals surface area (Å²) in [4.78, 5) is 20.8. The summed E-state index contributed by atoms with van der Waals surface area (Å²) in [7, 11) is -3.64. The van der Waals surface area contributed by atoms with Crippen molar-refractivity contribution in [3.63, 3.8) is 0 Å². The summed E-state index contributed by atoms with van der Waals surface area (Å²) >= 11 is 2.94. The smallest absolute Gasteiger partial charge is 0.273 e. The number of anilines is 1. The van der Waals surface area contributed by atoms with E-state index in [1.165, 1.54) is 16.2 Å². The van der Waals surface area contributed by atoms with Gasteiger partial charge >= 0.3 is 0 Å². The highest BCUT2D eigenvalue weighted by molar-refractivity contribution is 7.94. The highest BCUT2D eigenvalue weighted by Gasteiger charge is 2.34. The standard InChI is InChI=1S/C28H28N6O2S3.CH4/c35-39(36,25-6-2-13-37-25)34(16-19-7-8-19)24-5-1-4-20-14-23(32-26(20)24)28-31-15-22(38-28)18-33-12-9-21(17-33)27-29-10-3-11-30-27;/h1-6,10-11,13-15,19,21,32H,7-9,12,16-18H2;1H4. The second-order valence-corrected chi connectivity index (χ2v) is 14.4. The monoisotopic (exact) mass is 592 g/mol. The number of thiazole rings is 1. The highest BCUT2D eigenvalue weighted by atomic mass is 32.2. The van der Waals surface area contributed by atoms with E-state index < -0.39 is 10.0 Å². The first-order valence-electron chi connectivity index (χ1n) is 13.2. The minimum Gasteiger partial charge on any atom is -0.351 e. The molecule has 0 radical (unpaired) electrons. The van der Waals surface area contributed by atoms with Gasteiger partial charge in [0, 0.05) is 54.4 Å². The molecular formula is C29H32N6O2S3. The predicted octanol–water partition coefficient (Wildman–Crippen LogP) is 6.37. The maximum absolute atomic E-state index is 13.7. The Morgan fingerprint density at radius 2 is 1.90 bits per heavy atom.